The molecule has 0 amide bonds. The topological polar surface area (TPSA) is 94.7 Å². The fourth-order valence-corrected chi connectivity index (χ4v) is 4.60. The molecule has 0 radical (unpaired) electrons. The predicted octanol–water partition coefficient (Wildman–Crippen LogP) is 1.55. The molecule has 1 aliphatic carbocycles. The molecule has 1 fully saturated rings. The van der Waals surface area contributed by atoms with E-state index in [9.17, 15) is 18.8 Å². The molecule has 1 saturated carbocycles. The predicted molar refractivity (Wildman–Crippen MR) is 101 cm³/mol. The molecule has 0 aromatic carbocycles. The molecule has 10 heteroatoms. The first-order valence-electron chi connectivity index (χ1n) is 8.96. The first-order chi connectivity index (χ1) is 13.0. The molecule has 0 saturated heterocycles. The Hall–Kier alpha value is -2.49. The van der Waals surface area contributed by atoms with Crippen LogP contribution >= 0.6 is 11.3 Å². The average molecular weight is 393 g/mol. The van der Waals surface area contributed by atoms with Crippen LogP contribution in [-0.2, 0) is 13.1 Å². The summed E-state index contributed by atoms with van der Waals surface area (Å²) in [6.07, 6.45) is 3.86. The number of thiophene rings is 1. The molecule has 0 atom stereocenters. The summed E-state index contributed by atoms with van der Waals surface area (Å²) in [5, 5.41) is 4.48. The van der Waals surface area contributed by atoms with Crippen LogP contribution in [0.5, 0.6) is 0 Å². The molecule has 27 heavy (non-hydrogen) atoms. The third-order valence-electron chi connectivity index (χ3n) is 4.93. The van der Waals surface area contributed by atoms with E-state index in [1.54, 1.807) is 4.57 Å². The van der Waals surface area contributed by atoms with E-state index >= 15 is 0 Å². The summed E-state index contributed by atoms with van der Waals surface area (Å²) in [7, 11) is 0. The van der Waals surface area contributed by atoms with E-state index in [0.29, 0.717) is 29.6 Å². The Labute approximate surface area is 156 Å². The van der Waals surface area contributed by atoms with Crippen molar-refractivity contribution >= 4 is 21.6 Å². The lowest BCUT2D eigenvalue weighted by Gasteiger charge is -2.11. The average Bonchev–Trinajstić information content (AvgIpc) is 3.31. The van der Waals surface area contributed by atoms with Gasteiger partial charge in [0.15, 0.2) is 0 Å². The number of rotatable bonds is 7. The Morgan fingerprint density at radius 1 is 1.30 bits per heavy atom. The monoisotopic (exact) mass is 393 g/mol. The Bertz CT molecular complexity index is 1160. The molecular formula is C17H20FN5O3S. The number of nitrogens with one attached hydrogen (secondary N) is 1. The van der Waals surface area contributed by atoms with Gasteiger partial charge in [-0.15, -0.1) is 11.3 Å². The lowest BCUT2D eigenvalue weighted by molar-refractivity contribution is 0.443. The third-order valence-corrected chi connectivity index (χ3v) is 6.23. The second-order valence-corrected chi connectivity index (χ2v) is 7.90. The Kier molecular flexibility index (Phi) is 4.58. The van der Waals surface area contributed by atoms with E-state index < -0.39 is 6.67 Å². The minimum atomic E-state index is -0.434. The normalized spacial score (nSPS) is 14.3. The molecule has 3 heterocycles. The van der Waals surface area contributed by atoms with E-state index in [4.69, 9.17) is 0 Å². The van der Waals surface area contributed by atoms with Gasteiger partial charge >= 0.3 is 11.4 Å². The summed E-state index contributed by atoms with van der Waals surface area (Å²) < 4.78 is 16.8. The van der Waals surface area contributed by atoms with E-state index in [1.165, 1.54) is 26.9 Å². The molecule has 4 rings (SSSR count). The first kappa shape index (κ1) is 17.9. The number of hydrogen-bond acceptors (Lipinski definition) is 5. The standard InChI is InChI=1S/C17H20FN5O3S/c1-10-12(8-22-16(25)19-9-20-22)27-15-13(10)14(24)23(11-4-5-11)17(26)21(15)7-3-2-6-18/h9,11H,2-8H2,1H3,(H,19,20,25). The third kappa shape index (κ3) is 3.07. The van der Waals surface area contributed by atoms with Gasteiger partial charge in [-0.1, -0.05) is 0 Å². The van der Waals surface area contributed by atoms with Crippen molar-refractivity contribution in [1.29, 1.82) is 0 Å². The second-order valence-electron chi connectivity index (χ2n) is 6.82. The van der Waals surface area contributed by atoms with Crippen molar-refractivity contribution in [3.05, 3.63) is 48.1 Å². The van der Waals surface area contributed by atoms with Gasteiger partial charge in [-0.3, -0.25) is 23.3 Å². The van der Waals surface area contributed by atoms with Crippen LogP contribution in [0.3, 0.4) is 0 Å². The van der Waals surface area contributed by atoms with Crippen LogP contribution in [0.4, 0.5) is 4.39 Å². The zero-order valence-corrected chi connectivity index (χ0v) is 15.7. The minimum absolute atomic E-state index is 0.0430. The molecule has 144 valence electrons. The highest BCUT2D eigenvalue weighted by atomic mass is 32.1. The summed E-state index contributed by atoms with van der Waals surface area (Å²) in [6, 6.07) is -0.0430. The fraction of sp³-hybridized carbons (Fsp3) is 0.529. The molecule has 0 aliphatic heterocycles. The number of aryl methyl sites for hydroxylation is 2. The number of nitrogens with zero attached hydrogens (tertiary/aromatic N) is 4. The lowest BCUT2D eigenvalue weighted by atomic mass is 10.2. The molecule has 0 spiro atoms. The van der Waals surface area contributed by atoms with Crippen LogP contribution in [0.2, 0.25) is 0 Å². The van der Waals surface area contributed by atoms with Crippen LogP contribution in [0, 0.1) is 6.92 Å². The van der Waals surface area contributed by atoms with Crippen molar-refractivity contribution in [3.8, 4) is 0 Å². The molecule has 1 N–H and O–H groups in total. The van der Waals surface area contributed by atoms with Gasteiger partial charge in [-0.25, -0.2) is 14.3 Å². The summed E-state index contributed by atoms with van der Waals surface area (Å²) in [6.45, 7) is 2.00. The van der Waals surface area contributed by atoms with Gasteiger partial charge in [0.1, 0.15) is 11.2 Å². The molecule has 1 aliphatic rings. The maximum Gasteiger partial charge on any atom is 0.343 e. The Morgan fingerprint density at radius 2 is 2.07 bits per heavy atom. The van der Waals surface area contributed by atoms with Gasteiger partial charge in [-0.2, -0.15) is 5.10 Å². The number of fused-ring (bicyclic) bond motifs is 1. The zero-order chi connectivity index (χ0) is 19.1. The maximum atomic E-state index is 13.0. The largest absolute Gasteiger partial charge is 0.343 e. The highest BCUT2D eigenvalue weighted by Gasteiger charge is 2.30. The number of halogens is 1. The minimum Gasteiger partial charge on any atom is -0.295 e. The highest BCUT2D eigenvalue weighted by Crippen LogP contribution is 2.34. The summed E-state index contributed by atoms with van der Waals surface area (Å²) in [4.78, 5) is 41.6. The second kappa shape index (κ2) is 6.91. The number of aromatic amines is 1. The first-order valence-corrected chi connectivity index (χ1v) is 9.78. The molecule has 3 aromatic heterocycles. The molecular weight excluding hydrogens is 373 g/mol. The van der Waals surface area contributed by atoms with Crippen LogP contribution < -0.4 is 16.9 Å². The quantitative estimate of drug-likeness (QED) is 0.616. The highest BCUT2D eigenvalue weighted by molar-refractivity contribution is 7.18. The van der Waals surface area contributed by atoms with Crippen LogP contribution in [0.25, 0.3) is 10.2 Å². The zero-order valence-electron chi connectivity index (χ0n) is 14.9. The summed E-state index contributed by atoms with van der Waals surface area (Å²) >= 11 is 1.33. The number of H-pyrrole nitrogens is 1. The molecule has 0 unspecified atom stereocenters. The Morgan fingerprint density at radius 3 is 2.70 bits per heavy atom. The summed E-state index contributed by atoms with van der Waals surface area (Å²) in [5.41, 5.74) is -0.154. The van der Waals surface area contributed by atoms with Crippen molar-refractivity contribution in [2.24, 2.45) is 0 Å². The van der Waals surface area contributed by atoms with E-state index in [0.717, 1.165) is 23.3 Å². The van der Waals surface area contributed by atoms with Crippen molar-refractivity contribution in [2.45, 2.75) is 51.7 Å². The van der Waals surface area contributed by atoms with Crippen molar-refractivity contribution in [3.63, 3.8) is 0 Å². The van der Waals surface area contributed by atoms with E-state index in [1.807, 2.05) is 6.92 Å². The van der Waals surface area contributed by atoms with Crippen molar-refractivity contribution in [2.75, 3.05) is 6.67 Å². The van der Waals surface area contributed by atoms with E-state index in [2.05, 4.69) is 10.1 Å². The Balaban J connectivity index is 1.90. The maximum absolute atomic E-state index is 13.0. The van der Waals surface area contributed by atoms with E-state index in [-0.39, 0.29) is 29.5 Å². The van der Waals surface area contributed by atoms with Crippen LogP contribution in [-0.4, -0.2) is 30.6 Å². The number of unbranched alkanes of at least 4 members (excludes halogenated alkanes) is 1. The smallest absolute Gasteiger partial charge is 0.295 e. The molecule has 3 aromatic rings. The van der Waals surface area contributed by atoms with Gasteiger partial charge in [0.25, 0.3) is 5.56 Å². The SMILES string of the molecule is Cc1c(Cn2nc[nH]c2=O)sc2c1c(=O)n(C1CC1)c(=O)n2CCCCF. The lowest BCUT2D eigenvalue weighted by Crippen LogP contribution is -2.39. The summed E-state index contributed by atoms with van der Waals surface area (Å²) in [5.74, 6) is 0. The number of hydrogen-bond donors (Lipinski definition) is 1. The van der Waals surface area contributed by atoms with Gasteiger partial charge in [0.05, 0.1) is 18.6 Å². The van der Waals surface area contributed by atoms with Gasteiger partial charge in [-0.05, 0) is 38.2 Å². The fourth-order valence-electron chi connectivity index (χ4n) is 3.31. The van der Waals surface area contributed by atoms with Gasteiger partial charge in [0, 0.05) is 17.5 Å². The number of aromatic nitrogens is 5. The number of alkyl halides is 1. The van der Waals surface area contributed by atoms with Crippen molar-refractivity contribution < 1.29 is 4.39 Å². The van der Waals surface area contributed by atoms with Crippen LogP contribution in [0.15, 0.2) is 20.7 Å². The molecule has 8 nitrogen and oxygen atoms in total. The van der Waals surface area contributed by atoms with Gasteiger partial charge in [0.2, 0.25) is 0 Å². The molecule has 0 bridgehead atoms. The van der Waals surface area contributed by atoms with Crippen LogP contribution in [0.1, 0.15) is 42.2 Å². The van der Waals surface area contributed by atoms with Gasteiger partial charge < -0.3 is 0 Å². The van der Waals surface area contributed by atoms with Crippen molar-refractivity contribution in [1.82, 2.24) is 23.9 Å².